The van der Waals surface area contributed by atoms with Crippen LogP contribution < -0.4 is 11.3 Å². The van der Waals surface area contributed by atoms with E-state index in [1.54, 1.807) is 31.2 Å². The second kappa shape index (κ2) is 7.29. The highest BCUT2D eigenvalue weighted by Gasteiger charge is 2.14. The first-order chi connectivity index (χ1) is 12.5. The quantitative estimate of drug-likeness (QED) is 0.424. The van der Waals surface area contributed by atoms with Crippen molar-refractivity contribution in [2.75, 3.05) is 0 Å². The summed E-state index contributed by atoms with van der Waals surface area (Å²) >= 11 is 0. The van der Waals surface area contributed by atoms with E-state index in [9.17, 15) is 9.18 Å². The van der Waals surface area contributed by atoms with E-state index in [0.717, 1.165) is 22.3 Å². The van der Waals surface area contributed by atoms with E-state index >= 15 is 0 Å². The molecule has 0 bridgehead atoms. The fourth-order valence-corrected chi connectivity index (χ4v) is 2.76. The van der Waals surface area contributed by atoms with Gasteiger partial charge in [0.1, 0.15) is 5.82 Å². The molecular weight excluding hydrogens is 329 g/mol. The van der Waals surface area contributed by atoms with Gasteiger partial charge in [0.05, 0.1) is 11.4 Å². The average Bonchev–Trinajstić information content (AvgIpc) is 2.68. The van der Waals surface area contributed by atoms with Gasteiger partial charge < -0.3 is 0 Å². The minimum atomic E-state index is -0.378. The lowest BCUT2D eigenvalue weighted by atomic mass is 10.00. The normalized spacial score (nSPS) is 10.4. The summed E-state index contributed by atoms with van der Waals surface area (Å²) in [5.74, 6) is 4.63. The highest BCUT2D eigenvalue weighted by molar-refractivity contribution is 5.97. The zero-order valence-electron chi connectivity index (χ0n) is 14.3. The fourth-order valence-electron chi connectivity index (χ4n) is 2.76. The Labute approximate surface area is 151 Å². The smallest absolute Gasteiger partial charge is 0.265 e. The van der Waals surface area contributed by atoms with Crippen LogP contribution in [0.4, 0.5) is 4.39 Å². The summed E-state index contributed by atoms with van der Waals surface area (Å²) in [6.07, 6.45) is 1.61. The molecule has 0 atom stereocenters. The maximum atomic E-state index is 13.1. The number of aromatic nitrogens is 1. The molecule has 5 heteroatoms. The van der Waals surface area contributed by atoms with Gasteiger partial charge in [0, 0.05) is 11.1 Å². The van der Waals surface area contributed by atoms with Gasteiger partial charge in [0.15, 0.2) is 0 Å². The Morgan fingerprint density at radius 1 is 1.08 bits per heavy atom. The van der Waals surface area contributed by atoms with Crippen LogP contribution in [0.15, 0.2) is 61.2 Å². The SMILES string of the molecule is C=Cc1nc(-c2ccc(-c3ccc(F)cc3)cc2)cc(C(=O)NN)c1C. The molecule has 0 spiro atoms. The largest absolute Gasteiger partial charge is 0.290 e. The molecule has 0 aliphatic rings. The monoisotopic (exact) mass is 347 g/mol. The number of carbonyl (C=O) groups is 1. The van der Waals surface area contributed by atoms with E-state index in [0.29, 0.717) is 17.0 Å². The van der Waals surface area contributed by atoms with Crippen molar-refractivity contribution in [2.24, 2.45) is 5.84 Å². The molecule has 130 valence electrons. The molecule has 26 heavy (non-hydrogen) atoms. The van der Waals surface area contributed by atoms with Crippen molar-refractivity contribution in [3.05, 3.63) is 83.8 Å². The van der Waals surface area contributed by atoms with Gasteiger partial charge in [-0.05, 0) is 47.9 Å². The van der Waals surface area contributed by atoms with Gasteiger partial charge in [-0.15, -0.1) is 0 Å². The number of halogens is 1. The lowest BCUT2D eigenvalue weighted by molar-refractivity contribution is 0.0953. The van der Waals surface area contributed by atoms with Gasteiger partial charge in [-0.3, -0.25) is 10.2 Å². The third-order valence-electron chi connectivity index (χ3n) is 4.24. The molecule has 1 amide bonds. The Morgan fingerprint density at radius 2 is 1.62 bits per heavy atom. The number of amides is 1. The minimum absolute atomic E-state index is 0.267. The van der Waals surface area contributed by atoms with Gasteiger partial charge >= 0.3 is 0 Å². The standard InChI is InChI=1S/C21H18FN3O/c1-3-19-13(2)18(21(26)25-23)12-20(24-19)16-6-4-14(5-7-16)15-8-10-17(22)11-9-15/h3-12H,1,23H2,2H3,(H,25,26). The molecule has 0 unspecified atom stereocenters. The van der Waals surface area contributed by atoms with Crippen LogP contribution in [0.25, 0.3) is 28.5 Å². The molecule has 0 fully saturated rings. The molecule has 3 N–H and O–H groups in total. The highest BCUT2D eigenvalue weighted by Crippen LogP contribution is 2.26. The Bertz CT molecular complexity index is 964. The van der Waals surface area contributed by atoms with Crippen LogP contribution in [0.1, 0.15) is 21.6 Å². The molecule has 4 nitrogen and oxygen atoms in total. The van der Waals surface area contributed by atoms with Crippen molar-refractivity contribution in [3.8, 4) is 22.4 Å². The second-order valence-electron chi connectivity index (χ2n) is 5.83. The van der Waals surface area contributed by atoms with E-state index in [1.807, 2.05) is 24.3 Å². The molecule has 0 aliphatic carbocycles. The van der Waals surface area contributed by atoms with Gasteiger partial charge in [0.2, 0.25) is 0 Å². The number of nitrogens with one attached hydrogen (secondary N) is 1. The summed E-state index contributed by atoms with van der Waals surface area (Å²) < 4.78 is 13.1. The van der Waals surface area contributed by atoms with Crippen LogP contribution in [0.2, 0.25) is 0 Å². The van der Waals surface area contributed by atoms with Crippen molar-refractivity contribution in [1.29, 1.82) is 0 Å². The molecule has 3 rings (SSSR count). The van der Waals surface area contributed by atoms with Crippen LogP contribution in [0.5, 0.6) is 0 Å². The number of nitrogens with zero attached hydrogens (tertiary/aromatic N) is 1. The minimum Gasteiger partial charge on any atom is -0.290 e. The molecule has 0 saturated carbocycles. The summed E-state index contributed by atoms with van der Waals surface area (Å²) in [7, 11) is 0. The van der Waals surface area contributed by atoms with Crippen LogP contribution in [0.3, 0.4) is 0 Å². The van der Waals surface area contributed by atoms with Crippen LogP contribution in [-0.2, 0) is 0 Å². The first-order valence-corrected chi connectivity index (χ1v) is 8.05. The van der Waals surface area contributed by atoms with Crippen molar-refractivity contribution < 1.29 is 9.18 Å². The lowest BCUT2D eigenvalue weighted by Crippen LogP contribution is -2.30. The van der Waals surface area contributed by atoms with Crippen molar-refractivity contribution in [1.82, 2.24) is 10.4 Å². The molecule has 2 aromatic carbocycles. The summed E-state index contributed by atoms with van der Waals surface area (Å²) in [5, 5.41) is 0. The number of hydrazine groups is 1. The number of hydrogen-bond acceptors (Lipinski definition) is 3. The van der Waals surface area contributed by atoms with E-state index in [-0.39, 0.29) is 11.7 Å². The number of benzene rings is 2. The number of nitrogens with two attached hydrogens (primary N) is 1. The van der Waals surface area contributed by atoms with E-state index in [1.165, 1.54) is 12.1 Å². The topological polar surface area (TPSA) is 68.0 Å². The molecule has 1 aromatic heterocycles. The Morgan fingerprint density at radius 3 is 2.15 bits per heavy atom. The summed E-state index contributed by atoms with van der Waals surface area (Å²) in [5.41, 5.74) is 7.34. The fraction of sp³-hybridized carbons (Fsp3) is 0.0476. The highest BCUT2D eigenvalue weighted by atomic mass is 19.1. The Kier molecular flexibility index (Phi) is 4.91. The number of rotatable bonds is 4. The predicted molar refractivity (Wildman–Crippen MR) is 102 cm³/mol. The zero-order valence-corrected chi connectivity index (χ0v) is 14.3. The third-order valence-corrected chi connectivity index (χ3v) is 4.24. The molecule has 0 saturated heterocycles. The molecule has 3 aromatic rings. The third kappa shape index (κ3) is 3.38. The van der Waals surface area contributed by atoms with E-state index < -0.39 is 0 Å². The maximum absolute atomic E-state index is 13.1. The Hall–Kier alpha value is -3.31. The van der Waals surface area contributed by atoms with E-state index in [4.69, 9.17) is 5.84 Å². The van der Waals surface area contributed by atoms with Gasteiger partial charge in [-0.1, -0.05) is 43.0 Å². The molecular formula is C21H18FN3O. The molecule has 0 aliphatic heterocycles. The van der Waals surface area contributed by atoms with Crippen LogP contribution in [0, 0.1) is 12.7 Å². The zero-order chi connectivity index (χ0) is 18.7. The summed E-state index contributed by atoms with van der Waals surface area (Å²) in [6, 6.07) is 15.7. The average molecular weight is 347 g/mol. The van der Waals surface area contributed by atoms with E-state index in [2.05, 4.69) is 17.0 Å². The first kappa shape index (κ1) is 17.5. The number of carbonyl (C=O) groups excluding carboxylic acids is 1. The summed E-state index contributed by atoms with van der Waals surface area (Å²) in [6.45, 7) is 5.56. The van der Waals surface area contributed by atoms with Crippen LogP contribution in [-0.4, -0.2) is 10.9 Å². The molecule has 0 radical (unpaired) electrons. The number of pyridine rings is 1. The van der Waals surface area contributed by atoms with Crippen molar-refractivity contribution in [2.45, 2.75) is 6.92 Å². The Balaban J connectivity index is 2.02. The lowest BCUT2D eigenvalue weighted by Gasteiger charge is -2.11. The number of hydrogen-bond donors (Lipinski definition) is 2. The summed E-state index contributed by atoms with van der Waals surface area (Å²) in [4.78, 5) is 16.6. The molecule has 1 heterocycles. The van der Waals surface area contributed by atoms with Crippen LogP contribution >= 0.6 is 0 Å². The van der Waals surface area contributed by atoms with Crippen molar-refractivity contribution >= 4 is 12.0 Å². The second-order valence-corrected chi connectivity index (χ2v) is 5.83. The van der Waals surface area contributed by atoms with Gasteiger partial charge in [-0.25, -0.2) is 15.2 Å². The number of nitrogen functional groups attached to an aromatic ring is 1. The first-order valence-electron chi connectivity index (χ1n) is 8.05. The predicted octanol–water partition coefficient (Wildman–Crippen LogP) is 4.11. The van der Waals surface area contributed by atoms with Gasteiger partial charge in [-0.2, -0.15) is 0 Å². The van der Waals surface area contributed by atoms with Crippen molar-refractivity contribution in [3.63, 3.8) is 0 Å². The van der Waals surface area contributed by atoms with Gasteiger partial charge in [0.25, 0.3) is 5.91 Å². The maximum Gasteiger partial charge on any atom is 0.265 e.